The lowest BCUT2D eigenvalue weighted by Gasteiger charge is -2.05. The van der Waals surface area contributed by atoms with E-state index in [0.717, 1.165) is 6.54 Å². The maximum atomic E-state index is 10.5. The van der Waals surface area contributed by atoms with E-state index in [2.05, 4.69) is 15.3 Å². The molecule has 1 rings (SSSR count). The molecule has 4 heteroatoms. The molecule has 0 saturated heterocycles. The lowest BCUT2D eigenvalue weighted by Crippen LogP contribution is -2.03. The maximum absolute atomic E-state index is 10.5. The molecule has 1 aromatic rings. The molecular formula is C6H8N3O-. The van der Waals surface area contributed by atoms with Crippen molar-refractivity contribution in [3.05, 3.63) is 12.3 Å². The van der Waals surface area contributed by atoms with E-state index < -0.39 is 6.01 Å². The second-order valence-electron chi connectivity index (χ2n) is 1.75. The Balaban J connectivity index is 2.75. The molecule has 0 aliphatic heterocycles. The largest absolute Gasteiger partial charge is 0.844 e. The van der Waals surface area contributed by atoms with Crippen LogP contribution in [0.5, 0.6) is 6.01 Å². The summed E-state index contributed by atoms with van der Waals surface area (Å²) in [5.74, 6) is 0.586. The minimum atomic E-state index is -0.446. The van der Waals surface area contributed by atoms with Gasteiger partial charge in [0.25, 0.3) is 0 Å². The summed E-state index contributed by atoms with van der Waals surface area (Å²) in [4.78, 5) is 7.00. The van der Waals surface area contributed by atoms with E-state index in [0.29, 0.717) is 5.82 Å². The number of nitrogens with zero attached hydrogens (tertiary/aromatic N) is 2. The predicted molar refractivity (Wildman–Crippen MR) is 35.6 cm³/mol. The standard InChI is InChI=1S/C6H9N3O/c1-2-7-5-3-4-8-6(10)9-5/h3-4H,2H2,1H3,(H2,7,8,9,10)/p-1. The van der Waals surface area contributed by atoms with Crippen molar-refractivity contribution in [2.75, 3.05) is 11.9 Å². The quantitative estimate of drug-likeness (QED) is 0.624. The fourth-order valence-electron chi connectivity index (χ4n) is 0.620. The molecule has 1 heterocycles. The zero-order valence-corrected chi connectivity index (χ0v) is 5.66. The Morgan fingerprint density at radius 1 is 1.70 bits per heavy atom. The van der Waals surface area contributed by atoms with Gasteiger partial charge in [0.1, 0.15) is 5.82 Å². The molecule has 0 amide bonds. The van der Waals surface area contributed by atoms with Crippen molar-refractivity contribution in [1.29, 1.82) is 0 Å². The van der Waals surface area contributed by atoms with Gasteiger partial charge >= 0.3 is 0 Å². The number of rotatable bonds is 2. The van der Waals surface area contributed by atoms with E-state index in [1.165, 1.54) is 6.20 Å². The van der Waals surface area contributed by atoms with Gasteiger partial charge in [-0.3, -0.25) is 4.98 Å². The minimum Gasteiger partial charge on any atom is -0.844 e. The van der Waals surface area contributed by atoms with Gasteiger partial charge in [-0.1, -0.05) is 0 Å². The summed E-state index contributed by atoms with van der Waals surface area (Å²) >= 11 is 0. The zero-order chi connectivity index (χ0) is 7.40. The highest BCUT2D eigenvalue weighted by atomic mass is 16.3. The summed E-state index contributed by atoms with van der Waals surface area (Å²) in [5, 5.41) is 13.4. The van der Waals surface area contributed by atoms with E-state index in [-0.39, 0.29) is 0 Å². The lowest BCUT2D eigenvalue weighted by atomic mass is 10.5. The molecule has 4 nitrogen and oxygen atoms in total. The molecule has 1 N–H and O–H groups in total. The van der Waals surface area contributed by atoms with Gasteiger partial charge in [0.2, 0.25) is 0 Å². The van der Waals surface area contributed by atoms with Gasteiger partial charge in [-0.05, 0) is 13.0 Å². The van der Waals surface area contributed by atoms with Crippen molar-refractivity contribution in [3.63, 3.8) is 0 Å². The number of anilines is 1. The summed E-state index contributed by atoms with van der Waals surface area (Å²) in [7, 11) is 0. The normalized spacial score (nSPS) is 9.30. The van der Waals surface area contributed by atoms with Crippen LogP contribution in [0.1, 0.15) is 6.92 Å². The molecule has 1 aromatic heterocycles. The molecule has 0 aromatic carbocycles. The SMILES string of the molecule is CCNc1ccnc([O-])n1. The van der Waals surface area contributed by atoms with Crippen molar-refractivity contribution in [2.45, 2.75) is 6.92 Å². The van der Waals surface area contributed by atoms with E-state index in [1.54, 1.807) is 6.07 Å². The molecule has 54 valence electrons. The highest BCUT2D eigenvalue weighted by Gasteiger charge is 1.86. The molecule has 10 heavy (non-hydrogen) atoms. The van der Waals surface area contributed by atoms with E-state index in [4.69, 9.17) is 0 Å². The first-order valence-electron chi connectivity index (χ1n) is 3.07. The van der Waals surface area contributed by atoms with Crippen molar-refractivity contribution < 1.29 is 5.11 Å². The summed E-state index contributed by atoms with van der Waals surface area (Å²) in [6.07, 6.45) is 1.44. The molecule has 0 spiro atoms. The molecular weight excluding hydrogens is 130 g/mol. The highest BCUT2D eigenvalue weighted by molar-refractivity contribution is 5.32. The second kappa shape index (κ2) is 3.00. The Labute approximate surface area is 58.9 Å². The van der Waals surface area contributed by atoms with Crippen LogP contribution >= 0.6 is 0 Å². The summed E-state index contributed by atoms with van der Waals surface area (Å²) in [5.41, 5.74) is 0. The van der Waals surface area contributed by atoms with Crippen molar-refractivity contribution in [1.82, 2.24) is 9.97 Å². The second-order valence-corrected chi connectivity index (χ2v) is 1.75. The minimum absolute atomic E-state index is 0.446. The number of aromatic nitrogens is 2. The summed E-state index contributed by atoms with van der Waals surface area (Å²) in [6.45, 7) is 2.70. The molecule has 0 fully saturated rings. The van der Waals surface area contributed by atoms with Crippen molar-refractivity contribution in [3.8, 4) is 6.01 Å². The van der Waals surface area contributed by atoms with Crippen LogP contribution in [-0.4, -0.2) is 16.5 Å². The Kier molecular flexibility index (Phi) is 2.04. The van der Waals surface area contributed by atoms with Gasteiger partial charge in [0.15, 0.2) is 0 Å². The Morgan fingerprint density at radius 2 is 2.50 bits per heavy atom. The van der Waals surface area contributed by atoms with Crippen molar-refractivity contribution >= 4 is 5.82 Å². The monoisotopic (exact) mass is 138 g/mol. The molecule has 0 unspecified atom stereocenters. The molecule has 0 aliphatic carbocycles. The van der Waals surface area contributed by atoms with Crippen LogP contribution in [0, 0.1) is 0 Å². The van der Waals surface area contributed by atoms with E-state index >= 15 is 0 Å². The molecule has 0 atom stereocenters. The smallest absolute Gasteiger partial charge is 0.128 e. The molecule has 0 saturated carbocycles. The summed E-state index contributed by atoms with van der Waals surface area (Å²) < 4.78 is 0. The Bertz CT molecular complexity index is 214. The van der Waals surface area contributed by atoms with Gasteiger partial charge in [0, 0.05) is 12.7 Å². The molecule has 0 aliphatic rings. The first-order valence-corrected chi connectivity index (χ1v) is 3.07. The van der Waals surface area contributed by atoms with Crippen LogP contribution in [0.4, 0.5) is 5.82 Å². The third-order valence-electron chi connectivity index (χ3n) is 0.991. The van der Waals surface area contributed by atoms with Gasteiger partial charge in [-0.15, -0.1) is 0 Å². The van der Waals surface area contributed by atoms with Crippen LogP contribution in [0.2, 0.25) is 0 Å². The lowest BCUT2D eigenvalue weighted by molar-refractivity contribution is -0.281. The first kappa shape index (κ1) is 6.80. The first-order chi connectivity index (χ1) is 4.83. The highest BCUT2D eigenvalue weighted by Crippen LogP contribution is 2.01. The van der Waals surface area contributed by atoms with Gasteiger partial charge < -0.3 is 10.4 Å². The third kappa shape index (κ3) is 1.58. The topological polar surface area (TPSA) is 60.9 Å². The van der Waals surface area contributed by atoms with Crippen LogP contribution in [0.3, 0.4) is 0 Å². The van der Waals surface area contributed by atoms with Crippen molar-refractivity contribution in [2.24, 2.45) is 0 Å². The maximum Gasteiger partial charge on any atom is 0.128 e. The summed E-state index contributed by atoms with van der Waals surface area (Å²) in [6, 6.07) is 1.21. The third-order valence-corrected chi connectivity index (χ3v) is 0.991. The van der Waals surface area contributed by atoms with Crippen LogP contribution in [-0.2, 0) is 0 Å². The predicted octanol–water partition coefficient (Wildman–Crippen LogP) is -0.0180. The fraction of sp³-hybridized carbons (Fsp3) is 0.333. The number of hydrogen-bond acceptors (Lipinski definition) is 4. The van der Waals surface area contributed by atoms with Crippen LogP contribution < -0.4 is 10.4 Å². The van der Waals surface area contributed by atoms with Gasteiger partial charge in [0.05, 0.1) is 6.01 Å². The van der Waals surface area contributed by atoms with Crippen LogP contribution in [0.25, 0.3) is 0 Å². The molecule has 0 bridgehead atoms. The average molecular weight is 138 g/mol. The Hall–Kier alpha value is -1.32. The van der Waals surface area contributed by atoms with E-state index in [9.17, 15) is 5.11 Å². The average Bonchev–Trinajstić information content (AvgIpc) is 1.88. The Morgan fingerprint density at radius 3 is 3.10 bits per heavy atom. The number of hydrogen-bond donors (Lipinski definition) is 1. The van der Waals surface area contributed by atoms with Crippen LogP contribution in [0.15, 0.2) is 12.3 Å². The van der Waals surface area contributed by atoms with Gasteiger partial charge in [-0.25, -0.2) is 4.98 Å². The molecule has 0 radical (unpaired) electrons. The fourth-order valence-corrected chi connectivity index (χ4v) is 0.620. The van der Waals surface area contributed by atoms with E-state index in [1.807, 2.05) is 6.92 Å². The zero-order valence-electron chi connectivity index (χ0n) is 5.66. The van der Waals surface area contributed by atoms with Gasteiger partial charge in [-0.2, -0.15) is 0 Å². The number of nitrogens with one attached hydrogen (secondary N) is 1.